The van der Waals surface area contributed by atoms with Gasteiger partial charge in [0, 0.05) is 28.7 Å². The molecule has 0 spiro atoms. The fourth-order valence-electron chi connectivity index (χ4n) is 7.76. The third-order valence-electron chi connectivity index (χ3n) is 11.3. The second-order valence-corrected chi connectivity index (χ2v) is 20.3. The van der Waals surface area contributed by atoms with Crippen molar-refractivity contribution < 1.29 is 46.2 Å². The topological polar surface area (TPSA) is 221 Å². The van der Waals surface area contributed by atoms with Gasteiger partial charge in [-0.25, -0.2) is 23.2 Å². The van der Waals surface area contributed by atoms with Gasteiger partial charge in [-0.3, -0.25) is 19.1 Å². The summed E-state index contributed by atoms with van der Waals surface area (Å²) in [5, 5.41) is 7.86. The zero-order valence-corrected chi connectivity index (χ0v) is 37.3. The maximum Gasteiger partial charge on any atom is 0.357 e. The van der Waals surface area contributed by atoms with Gasteiger partial charge < -0.3 is 34.2 Å². The SMILES string of the molecule is C=CC1CC1(NC(=O)[C@@H]1C[C@@H](Oc2nc(-c3ccc(OC(C)C)cc3)nc3c2oc2ccccc23)CN1C(=O)[C@@H](Nc1nc(C(=O)OC)cs1)C(C)(C)C)C(=O)NS(=O)(=O)C1CC1. The van der Waals surface area contributed by atoms with Gasteiger partial charge in [0.25, 0.3) is 11.8 Å². The van der Waals surface area contributed by atoms with Crippen LogP contribution in [0.4, 0.5) is 5.13 Å². The summed E-state index contributed by atoms with van der Waals surface area (Å²) in [6.07, 6.45) is 1.59. The quantitative estimate of drug-likeness (QED) is 0.0858. The van der Waals surface area contributed by atoms with Crippen molar-refractivity contribution in [3.63, 3.8) is 0 Å². The molecule has 0 bridgehead atoms. The number of hydrogen-bond donors (Lipinski definition) is 3. The smallest absolute Gasteiger partial charge is 0.357 e. The number of methoxy groups -OCH3 is 1. The number of anilines is 1. The van der Waals surface area contributed by atoms with Gasteiger partial charge in [-0.1, -0.05) is 39.0 Å². The first-order valence-electron chi connectivity index (χ1n) is 20.6. The minimum Gasteiger partial charge on any atom is -0.491 e. The lowest BCUT2D eigenvalue weighted by molar-refractivity contribution is -0.141. The average molecular weight is 900 g/mol. The summed E-state index contributed by atoms with van der Waals surface area (Å²) < 4.78 is 51.5. The number of nitrogens with one attached hydrogen (secondary N) is 3. The maximum atomic E-state index is 15.0. The van der Waals surface area contributed by atoms with E-state index in [4.69, 9.17) is 28.6 Å². The molecular formula is C44H49N7O10S2. The number of nitrogens with zero attached hydrogens (tertiary/aromatic N) is 4. The molecule has 2 saturated carbocycles. The van der Waals surface area contributed by atoms with Crippen molar-refractivity contribution in [3.05, 3.63) is 72.3 Å². The third-order valence-corrected chi connectivity index (χ3v) is 13.9. The van der Waals surface area contributed by atoms with E-state index in [1.165, 1.54) is 23.5 Å². The van der Waals surface area contributed by atoms with E-state index in [1.54, 1.807) is 6.07 Å². The highest BCUT2D eigenvalue weighted by Gasteiger charge is 2.62. The van der Waals surface area contributed by atoms with Crippen molar-refractivity contribution in [3.8, 4) is 23.0 Å². The highest BCUT2D eigenvalue weighted by atomic mass is 32.2. The zero-order chi connectivity index (χ0) is 45.0. The van der Waals surface area contributed by atoms with Gasteiger partial charge in [-0.15, -0.1) is 17.9 Å². The number of amides is 3. The van der Waals surface area contributed by atoms with Gasteiger partial charge in [0.15, 0.2) is 16.6 Å². The van der Waals surface area contributed by atoms with Crippen LogP contribution in [0.15, 0.2) is 71.0 Å². The Bertz CT molecular complexity index is 2720. The number of hydrogen-bond acceptors (Lipinski definition) is 15. The van der Waals surface area contributed by atoms with Gasteiger partial charge in [0.1, 0.15) is 40.6 Å². The Hall–Kier alpha value is -6.08. The van der Waals surface area contributed by atoms with Crippen LogP contribution in [0.3, 0.4) is 0 Å². The van der Waals surface area contributed by atoms with Crippen LogP contribution in [0.5, 0.6) is 11.6 Å². The fourth-order valence-corrected chi connectivity index (χ4v) is 9.83. The lowest BCUT2D eigenvalue weighted by Crippen LogP contribution is -2.58. The number of esters is 1. The molecule has 19 heteroatoms. The summed E-state index contributed by atoms with van der Waals surface area (Å²) in [6.45, 7) is 13.1. The molecule has 2 unspecified atom stereocenters. The van der Waals surface area contributed by atoms with Gasteiger partial charge in [0.2, 0.25) is 27.4 Å². The Labute approximate surface area is 368 Å². The molecule has 4 heterocycles. The Morgan fingerprint density at radius 3 is 2.43 bits per heavy atom. The molecule has 8 rings (SSSR count). The van der Waals surface area contributed by atoms with Gasteiger partial charge in [0.05, 0.1) is 25.0 Å². The number of aromatic nitrogens is 3. The molecule has 5 atom stereocenters. The minimum absolute atomic E-state index is 0.0235. The van der Waals surface area contributed by atoms with Crippen molar-refractivity contribution in [2.45, 2.75) is 95.4 Å². The number of benzene rings is 2. The van der Waals surface area contributed by atoms with Crippen LogP contribution in [-0.4, -0.2) is 101 Å². The summed E-state index contributed by atoms with van der Waals surface area (Å²) in [7, 11) is -2.70. The second-order valence-electron chi connectivity index (χ2n) is 17.5. The standard InChI is InChI=1S/C44H49N7O10S2/c1-8-25-20-44(25,41(55)50-63(56,57)28-17-18-28)49-37(52)31-19-27(21-51(31)39(53)35(43(4,5)6)47-42-45-30(22-62-42)40(54)58-7)60-38-34-33(29-11-9-10-12-32(29)61-34)46-36(48-38)24-13-15-26(16-14-24)59-23(2)3/h8-16,22-23,25,27-28,31,35H,1,17-21H2,2-7H3,(H,45,47)(H,49,52)(H,50,55)/t25?,27-,31+,35-,44?/m1/s1. The Morgan fingerprint density at radius 2 is 1.78 bits per heavy atom. The molecule has 5 aromatic rings. The first-order valence-corrected chi connectivity index (χ1v) is 23.1. The van der Waals surface area contributed by atoms with E-state index >= 15 is 0 Å². The largest absolute Gasteiger partial charge is 0.491 e. The van der Waals surface area contributed by atoms with E-state index < -0.39 is 74.0 Å². The van der Waals surface area contributed by atoms with E-state index in [9.17, 15) is 27.6 Å². The van der Waals surface area contributed by atoms with E-state index in [0.717, 1.165) is 16.7 Å². The molecule has 17 nitrogen and oxygen atoms in total. The van der Waals surface area contributed by atoms with Crippen molar-refractivity contribution in [1.82, 2.24) is 29.9 Å². The molecule has 3 aliphatic rings. The summed E-state index contributed by atoms with van der Waals surface area (Å²) in [5.74, 6) is -2.13. The van der Waals surface area contributed by atoms with Gasteiger partial charge in [-0.05, 0) is 74.9 Å². The molecule has 3 N–H and O–H groups in total. The highest BCUT2D eigenvalue weighted by molar-refractivity contribution is 7.91. The lowest BCUT2D eigenvalue weighted by Gasteiger charge is -2.35. The Balaban J connectivity index is 1.14. The van der Waals surface area contributed by atoms with Crippen LogP contribution >= 0.6 is 11.3 Å². The molecule has 0 radical (unpaired) electrons. The molecule has 2 aliphatic carbocycles. The number of sulfonamides is 1. The van der Waals surface area contributed by atoms with E-state index in [-0.39, 0.29) is 47.8 Å². The Morgan fingerprint density at radius 1 is 1.05 bits per heavy atom. The molecule has 2 aromatic carbocycles. The van der Waals surface area contributed by atoms with E-state index in [1.807, 2.05) is 77.1 Å². The van der Waals surface area contributed by atoms with Crippen LogP contribution in [-0.2, 0) is 29.1 Å². The van der Waals surface area contributed by atoms with E-state index in [2.05, 4.69) is 26.9 Å². The molecule has 1 saturated heterocycles. The number of carbonyl (C=O) groups is 4. The number of rotatable bonds is 15. The number of ether oxygens (including phenoxy) is 3. The van der Waals surface area contributed by atoms with Crippen LogP contribution < -0.4 is 24.8 Å². The van der Waals surface area contributed by atoms with Gasteiger partial charge >= 0.3 is 5.97 Å². The minimum atomic E-state index is -3.94. The summed E-state index contributed by atoms with van der Waals surface area (Å²) in [5.41, 5.74) is -0.314. The number of furan rings is 1. The molecular weight excluding hydrogens is 851 g/mol. The predicted octanol–water partition coefficient (Wildman–Crippen LogP) is 5.62. The molecule has 1 aliphatic heterocycles. The van der Waals surface area contributed by atoms with Crippen LogP contribution in [0.25, 0.3) is 33.5 Å². The first kappa shape index (κ1) is 43.6. The number of fused-ring (bicyclic) bond motifs is 3. The molecule has 3 fully saturated rings. The van der Waals surface area contributed by atoms with Crippen LogP contribution in [0.2, 0.25) is 0 Å². The third kappa shape index (κ3) is 8.80. The normalized spacial score (nSPS) is 21.5. The zero-order valence-electron chi connectivity index (χ0n) is 35.7. The summed E-state index contributed by atoms with van der Waals surface area (Å²) in [6, 6.07) is 12.5. The molecule has 3 aromatic heterocycles. The Kier molecular flexibility index (Phi) is 11.5. The number of likely N-dealkylation sites (tertiary alicyclic amines) is 1. The van der Waals surface area contributed by atoms with Crippen LogP contribution in [0.1, 0.15) is 70.8 Å². The molecule has 63 heavy (non-hydrogen) atoms. The maximum absolute atomic E-state index is 15.0. The van der Waals surface area contributed by atoms with Crippen molar-refractivity contribution in [2.24, 2.45) is 11.3 Å². The second kappa shape index (κ2) is 16.6. The average Bonchev–Trinajstić information content (AvgIpc) is 4.07. The number of thiazole rings is 1. The van der Waals surface area contributed by atoms with Crippen LogP contribution in [0, 0.1) is 11.3 Å². The van der Waals surface area contributed by atoms with Crippen molar-refractivity contribution in [1.29, 1.82) is 0 Å². The fraction of sp³-hybridized carbons (Fsp3) is 0.432. The molecule has 3 amide bonds. The van der Waals surface area contributed by atoms with Gasteiger partial charge in [-0.2, -0.15) is 4.98 Å². The monoisotopic (exact) mass is 899 g/mol. The molecule has 332 valence electrons. The van der Waals surface area contributed by atoms with Crippen molar-refractivity contribution in [2.75, 3.05) is 19.0 Å². The first-order chi connectivity index (χ1) is 29.9. The summed E-state index contributed by atoms with van der Waals surface area (Å²) in [4.78, 5) is 71.0. The van der Waals surface area contributed by atoms with Crippen molar-refractivity contribution >= 4 is 72.3 Å². The highest BCUT2D eigenvalue weighted by Crippen LogP contribution is 2.46. The number of carbonyl (C=O) groups excluding carboxylic acids is 4. The summed E-state index contributed by atoms with van der Waals surface area (Å²) >= 11 is 1.11. The van der Waals surface area contributed by atoms with E-state index in [0.29, 0.717) is 41.1 Å². The number of para-hydroxylation sites is 1. The predicted molar refractivity (Wildman–Crippen MR) is 235 cm³/mol. The lowest BCUT2D eigenvalue weighted by atomic mass is 9.85.